The summed E-state index contributed by atoms with van der Waals surface area (Å²) < 4.78 is 15.1. The largest absolute Gasteiger partial charge is 0.492 e. The average Bonchev–Trinajstić information content (AvgIpc) is 3.50. The van der Waals surface area contributed by atoms with E-state index in [1.54, 1.807) is 23.0 Å². The van der Waals surface area contributed by atoms with E-state index < -0.39 is 23.7 Å². The Labute approximate surface area is 201 Å². The minimum absolute atomic E-state index is 0.240. The Morgan fingerprint density at radius 2 is 2.03 bits per heavy atom. The second kappa shape index (κ2) is 10.9. The van der Waals surface area contributed by atoms with Crippen molar-refractivity contribution in [3.63, 3.8) is 0 Å². The first-order chi connectivity index (χ1) is 17.0. The summed E-state index contributed by atoms with van der Waals surface area (Å²) in [5.41, 5.74) is 0.529. The van der Waals surface area contributed by atoms with Crippen LogP contribution in [0.5, 0.6) is 5.75 Å². The highest BCUT2D eigenvalue weighted by Gasteiger charge is 2.20. The Morgan fingerprint density at radius 1 is 1.17 bits per heavy atom. The number of rotatable bonds is 11. The molecule has 0 aliphatic heterocycles. The molecule has 0 saturated carbocycles. The van der Waals surface area contributed by atoms with E-state index in [-0.39, 0.29) is 25.2 Å². The van der Waals surface area contributed by atoms with Crippen LogP contribution in [0.15, 0.2) is 63.0 Å². The van der Waals surface area contributed by atoms with Crippen LogP contribution in [0.25, 0.3) is 11.2 Å². The summed E-state index contributed by atoms with van der Waals surface area (Å²) in [6.45, 7) is 4.78. The van der Waals surface area contributed by atoms with Gasteiger partial charge < -0.3 is 19.0 Å². The minimum atomic E-state index is -0.562. The topological polar surface area (TPSA) is 113 Å². The first-order valence-corrected chi connectivity index (χ1v) is 11.6. The third-order valence-electron chi connectivity index (χ3n) is 5.61. The number of imidazole rings is 1. The molecule has 3 aromatic heterocycles. The lowest BCUT2D eigenvalue weighted by molar-refractivity contribution is -0.121. The molecule has 35 heavy (non-hydrogen) atoms. The molecule has 0 saturated heterocycles. The molecule has 184 valence electrons. The predicted octanol–water partition coefficient (Wildman–Crippen LogP) is 2.30. The summed E-state index contributed by atoms with van der Waals surface area (Å²) in [5.74, 6) is 0.910. The smallest absolute Gasteiger partial charge is 0.333 e. The van der Waals surface area contributed by atoms with E-state index in [1.165, 1.54) is 10.9 Å². The highest BCUT2D eigenvalue weighted by molar-refractivity contribution is 5.76. The van der Waals surface area contributed by atoms with Crippen molar-refractivity contribution in [3.05, 3.63) is 81.2 Å². The molecular formula is C25H29N5O5. The van der Waals surface area contributed by atoms with Gasteiger partial charge in [0, 0.05) is 6.54 Å². The molecule has 10 heteroatoms. The number of nitrogens with zero attached hydrogens (tertiary/aromatic N) is 4. The Morgan fingerprint density at radius 3 is 2.77 bits per heavy atom. The Kier molecular flexibility index (Phi) is 7.49. The van der Waals surface area contributed by atoms with Crippen LogP contribution >= 0.6 is 0 Å². The zero-order chi connectivity index (χ0) is 24.8. The Bertz CT molecular complexity index is 1410. The van der Waals surface area contributed by atoms with Crippen LogP contribution < -0.4 is 21.3 Å². The number of aryl methyl sites for hydroxylation is 2. The zero-order valence-corrected chi connectivity index (χ0v) is 19.9. The molecule has 3 heterocycles. The lowest BCUT2D eigenvalue weighted by Gasteiger charge is -2.13. The van der Waals surface area contributed by atoms with E-state index >= 15 is 0 Å². The number of amides is 1. The molecule has 0 atom stereocenters. The first kappa shape index (κ1) is 24.1. The van der Waals surface area contributed by atoms with Gasteiger partial charge in [0.1, 0.15) is 24.7 Å². The molecule has 1 amide bonds. The summed E-state index contributed by atoms with van der Waals surface area (Å²) in [4.78, 5) is 43.4. The Balaban J connectivity index is 1.54. The number of carbonyl (C=O) groups excluding carboxylic acids is 1. The molecule has 1 N–H and O–H groups in total. The van der Waals surface area contributed by atoms with Crippen molar-refractivity contribution in [1.82, 2.24) is 24.0 Å². The molecule has 10 nitrogen and oxygen atoms in total. The van der Waals surface area contributed by atoms with Gasteiger partial charge in [0.25, 0.3) is 5.56 Å². The van der Waals surface area contributed by atoms with Crippen molar-refractivity contribution in [1.29, 1.82) is 0 Å². The number of ether oxygens (including phenoxy) is 1. The number of furan rings is 1. The van der Waals surface area contributed by atoms with E-state index in [0.29, 0.717) is 23.7 Å². The maximum atomic E-state index is 13.3. The van der Waals surface area contributed by atoms with Crippen molar-refractivity contribution in [3.8, 4) is 5.75 Å². The summed E-state index contributed by atoms with van der Waals surface area (Å²) in [7, 11) is 0. The van der Waals surface area contributed by atoms with Gasteiger partial charge in [0.05, 0.1) is 25.7 Å². The second-order valence-corrected chi connectivity index (χ2v) is 8.32. The van der Waals surface area contributed by atoms with Gasteiger partial charge in [-0.3, -0.25) is 14.2 Å². The van der Waals surface area contributed by atoms with Crippen LogP contribution in [0.2, 0.25) is 0 Å². The van der Waals surface area contributed by atoms with E-state index in [2.05, 4.69) is 10.3 Å². The monoisotopic (exact) mass is 479 g/mol. The Hall–Kier alpha value is -4.08. The maximum absolute atomic E-state index is 13.3. The summed E-state index contributed by atoms with van der Waals surface area (Å²) in [6, 6.07) is 11.2. The average molecular weight is 480 g/mol. The van der Waals surface area contributed by atoms with Gasteiger partial charge in [-0.15, -0.1) is 0 Å². The molecule has 0 radical (unpaired) electrons. The summed E-state index contributed by atoms with van der Waals surface area (Å²) in [6.07, 6.45) is 4.67. The van der Waals surface area contributed by atoms with Crippen molar-refractivity contribution < 1.29 is 13.9 Å². The number of hydrogen-bond donors (Lipinski definition) is 1. The van der Waals surface area contributed by atoms with Crippen molar-refractivity contribution in [2.75, 3.05) is 13.2 Å². The summed E-state index contributed by atoms with van der Waals surface area (Å²) >= 11 is 0. The lowest BCUT2D eigenvalue weighted by atomic mass is 10.2. The quantitative estimate of drug-likeness (QED) is 0.330. The van der Waals surface area contributed by atoms with E-state index in [0.717, 1.165) is 23.0 Å². The minimum Gasteiger partial charge on any atom is -0.492 e. The number of carbonyl (C=O) groups is 1. The second-order valence-electron chi connectivity index (χ2n) is 8.32. The van der Waals surface area contributed by atoms with Gasteiger partial charge >= 0.3 is 5.69 Å². The standard InChI is InChI=1S/C25H29N5O5/c1-3-4-11-29-23-22(28(17-27-23)15-20-9-6-12-34-20)24(32)30(25(29)33)16-21(31)26-10-13-35-19-8-5-7-18(2)14-19/h5-9,12,14,17H,3-4,10-11,13,15-16H2,1-2H3,(H,26,31). The van der Waals surface area contributed by atoms with Crippen LogP contribution in [0.1, 0.15) is 31.1 Å². The highest BCUT2D eigenvalue weighted by Crippen LogP contribution is 2.12. The summed E-state index contributed by atoms with van der Waals surface area (Å²) in [5, 5.41) is 2.72. The molecule has 4 rings (SSSR count). The molecule has 0 aliphatic rings. The van der Waals surface area contributed by atoms with Crippen LogP contribution in [-0.4, -0.2) is 37.7 Å². The van der Waals surface area contributed by atoms with Crippen molar-refractivity contribution in [2.45, 2.75) is 46.3 Å². The van der Waals surface area contributed by atoms with Crippen LogP contribution in [0.3, 0.4) is 0 Å². The fraction of sp³-hybridized carbons (Fsp3) is 0.360. The molecular weight excluding hydrogens is 450 g/mol. The number of nitrogens with one attached hydrogen (secondary N) is 1. The van der Waals surface area contributed by atoms with Gasteiger partial charge in [0.15, 0.2) is 11.2 Å². The zero-order valence-electron chi connectivity index (χ0n) is 19.9. The van der Waals surface area contributed by atoms with E-state index in [1.807, 2.05) is 38.1 Å². The van der Waals surface area contributed by atoms with Gasteiger partial charge in [-0.1, -0.05) is 25.5 Å². The number of aromatic nitrogens is 4. The fourth-order valence-corrected chi connectivity index (χ4v) is 3.85. The highest BCUT2D eigenvalue weighted by atomic mass is 16.5. The van der Waals surface area contributed by atoms with Crippen LogP contribution in [0, 0.1) is 6.92 Å². The third-order valence-corrected chi connectivity index (χ3v) is 5.61. The van der Waals surface area contributed by atoms with Gasteiger partial charge in [0.2, 0.25) is 5.91 Å². The van der Waals surface area contributed by atoms with Gasteiger partial charge in [-0.25, -0.2) is 14.3 Å². The third kappa shape index (κ3) is 5.53. The van der Waals surface area contributed by atoms with Gasteiger partial charge in [-0.05, 0) is 43.2 Å². The molecule has 0 spiro atoms. The fourth-order valence-electron chi connectivity index (χ4n) is 3.85. The van der Waals surface area contributed by atoms with Gasteiger partial charge in [-0.2, -0.15) is 0 Å². The SMILES string of the molecule is CCCCn1c(=O)n(CC(=O)NCCOc2cccc(C)c2)c(=O)c2c1ncn2Cc1ccco1. The number of hydrogen-bond acceptors (Lipinski definition) is 6. The molecule has 1 aromatic carbocycles. The molecule has 4 aromatic rings. The predicted molar refractivity (Wildman–Crippen MR) is 131 cm³/mol. The maximum Gasteiger partial charge on any atom is 0.333 e. The first-order valence-electron chi connectivity index (χ1n) is 11.6. The molecule has 0 unspecified atom stereocenters. The number of benzene rings is 1. The number of unbranched alkanes of at least 4 members (excludes halogenated alkanes) is 1. The van der Waals surface area contributed by atoms with Crippen molar-refractivity contribution >= 4 is 17.1 Å². The number of fused-ring (bicyclic) bond motifs is 1. The van der Waals surface area contributed by atoms with Crippen molar-refractivity contribution in [2.24, 2.45) is 0 Å². The lowest BCUT2D eigenvalue weighted by Crippen LogP contribution is -2.44. The molecule has 0 bridgehead atoms. The van der Waals surface area contributed by atoms with Crippen LogP contribution in [0.4, 0.5) is 0 Å². The van der Waals surface area contributed by atoms with E-state index in [4.69, 9.17) is 9.15 Å². The molecule has 0 fully saturated rings. The normalized spacial score (nSPS) is 11.1. The van der Waals surface area contributed by atoms with Crippen LogP contribution in [-0.2, 0) is 24.4 Å². The molecule has 0 aliphatic carbocycles. The van der Waals surface area contributed by atoms with E-state index in [9.17, 15) is 14.4 Å².